The number of ether oxygens (including phenoxy) is 2. The monoisotopic (exact) mass is 975 g/mol. The van der Waals surface area contributed by atoms with Gasteiger partial charge < -0.3 is 14.6 Å². The number of esters is 2. The molecule has 404 valence electrons. The molecule has 1 unspecified atom stereocenters. The van der Waals surface area contributed by atoms with E-state index in [0.29, 0.717) is 12.8 Å². The molecule has 0 saturated carbocycles. The van der Waals surface area contributed by atoms with Gasteiger partial charge >= 0.3 is 11.9 Å². The fraction of sp³-hybridized carbons (Fsp3) is 0.754. The quantitative estimate of drug-likeness (QED) is 0.0373. The van der Waals surface area contributed by atoms with Gasteiger partial charge in [-0.15, -0.1) is 0 Å². The molecule has 0 rings (SSSR count). The lowest BCUT2D eigenvalue weighted by atomic mass is 10.0. The normalized spacial score (nSPS) is 12.8. The topological polar surface area (TPSA) is 72.8 Å². The Labute approximate surface area is 435 Å². The van der Waals surface area contributed by atoms with E-state index in [1.54, 1.807) is 0 Å². The van der Waals surface area contributed by atoms with Crippen molar-refractivity contribution >= 4 is 11.9 Å². The Hall–Kier alpha value is -2.92. The second-order valence-electron chi connectivity index (χ2n) is 20.0. The molecule has 1 N–H and O–H groups in total. The lowest BCUT2D eigenvalue weighted by molar-refractivity contribution is -0.161. The zero-order valence-corrected chi connectivity index (χ0v) is 46.3. The van der Waals surface area contributed by atoms with Gasteiger partial charge in [0.15, 0.2) is 6.10 Å². The summed E-state index contributed by atoms with van der Waals surface area (Å²) in [5.41, 5.74) is 0. The van der Waals surface area contributed by atoms with E-state index >= 15 is 0 Å². The molecule has 0 fully saturated rings. The van der Waals surface area contributed by atoms with Gasteiger partial charge in [0.25, 0.3) is 0 Å². The van der Waals surface area contributed by atoms with Crippen LogP contribution in [0.2, 0.25) is 0 Å². The van der Waals surface area contributed by atoms with Crippen molar-refractivity contribution < 1.29 is 24.2 Å². The maximum absolute atomic E-state index is 12.3. The third-order valence-electron chi connectivity index (χ3n) is 13.2. The number of hydrogen-bond acceptors (Lipinski definition) is 5. The van der Waals surface area contributed by atoms with Crippen LogP contribution >= 0.6 is 0 Å². The van der Waals surface area contributed by atoms with Crippen molar-refractivity contribution in [3.63, 3.8) is 0 Å². The Balaban J connectivity index is 3.46. The highest BCUT2D eigenvalue weighted by Crippen LogP contribution is 2.17. The van der Waals surface area contributed by atoms with Crippen molar-refractivity contribution in [2.75, 3.05) is 13.2 Å². The molecule has 0 spiro atoms. The molecule has 70 heavy (non-hydrogen) atoms. The molecule has 0 saturated heterocycles. The van der Waals surface area contributed by atoms with E-state index in [1.807, 2.05) is 0 Å². The van der Waals surface area contributed by atoms with E-state index in [0.717, 1.165) is 77.0 Å². The lowest BCUT2D eigenvalue weighted by Gasteiger charge is -2.15. The Bertz CT molecular complexity index is 1290. The van der Waals surface area contributed by atoms with Crippen molar-refractivity contribution in [1.82, 2.24) is 0 Å². The molecule has 0 aliphatic heterocycles. The molecule has 5 heteroatoms. The summed E-state index contributed by atoms with van der Waals surface area (Å²) in [5.74, 6) is -0.583. The first kappa shape index (κ1) is 67.1. The van der Waals surface area contributed by atoms with Crippen molar-refractivity contribution in [1.29, 1.82) is 0 Å². The van der Waals surface area contributed by atoms with Crippen LogP contribution < -0.4 is 0 Å². The molecule has 1 atom stereocenters. The summed E-state index contributed by atoms with van der Waals surface area (Å²) in [6.07, 6.45) is 84.3. The summed E-state index contributed by atoms with van der Waals surface area (Å²) in [4.78, 5) is 24.5. The van der Waals surface area contributed by atoms with Crippen molar-refractivity contribution in [2.24, 2.45) is 0 Å². The van der Waals surface area contributed by atoms with Crippen LogP contribution in [0.1, 0.15) is 296 Å². The van der Waals surface area contributed by atoms with E-state index in [-0.39, 0.29) is 25.2 Å². The first-order valence-corrected chi connectivity index (χ1v) is 30.1. The standard InChI is InChI=1S/C65H114O5/c1-3-5-7-9-11-13-15-17-19-21-23-24-25-26-27-28-29-30-31-32-33-34-35-36-37-38-39-40-42-44-46-48-50-52-54-56-58-60-65(68)70-63(61-66)62-69-64(67)59-57-55-53-51-49-47-45-43-41-22-20-18-16-14-12-10-8-6-4-2/h5,7,11,13,17-20,23-24,26-27,29-30,63,66H,3-4,6,8-10,12,14-16,21-22,25,28,31-62H2,1-2H3/b7-5-,13-11-,19-17-,20-18-,24-23-,27-26-,30-29-. The van der Waals surface area contributed by atoms with E-state index < -0.39 is 6.10 Å². The highest BCUT2D eigenvalue weighted by atomic mass is 16.6. The van der Waals surface area contributed by atoms with Crippen LogP contribution in [-0.2, 0) is 19.1 Å². The van der Waals surface area contributed by atoms with Crippen LogP contribution in [0.4, 0.5) is 0 Å². The predicted octanol–water partition coefficient (Wildman–Crippen LogP) is 20.5. The Morgan fingerprint density at radius 1 is 0.343 bits per heavy atom. The molecule has 0 amide bonds. The van der Waals surface area contributed by atoms with E-state index in [1.165, 1.54) is 193 Å². The summed E-state index contributed by atoms with van der Waals surface area (Å²) >= 11 is 0. The average Bonchev–Trinajstić information content (AvgIpc) is 3.36. The highest BCUT2D eigenvalue weighted by molar-refractivity contribution is 5.70. The summed E-state index contributed by atoms with van der Waals surface area (Å²) in [6.45, 7) is 4.05. The van der Waals surface area contributed by atoms with Gasteiger partial charge in [-0.3, -0.25) is 9.59 Å². The number of aliphatic hydroxyl groups is 1. The third kappa shape index (κ3) is 57.7. The van der Waals surface area contributed by atoms with Gasteiger partial charge in [-0.25, -0.2) is 0 Å². The number of carbonyl (C=O) groups is 2. The van der Waals surface area contributed by atoms with Crippen LogP contribution in [0, 0.1) is 0 Å². The van der Waals surface area contributed by atoms with Crippen molar-refractivity contribution in [3.05, 3.63) is 85.1 Å². The molecule has 0 aliphatic rings. The van der Waals surface area contributed by atoms with Gasteiger partial charge in [-0.1, -0.05) is 279 Å². The largest absolute Gasteiger partial charge is 0.462 e. The summed E-state index contributed by atoms with van der Waals surface area (Å²) in [5, 5.41) is 9.66. The maximum Gasteiger partial charge on any atom is 0.306 e. The Kier molecular flexibility index (Phi) is 57.9. The molecule has 0 aliphatic carbocycles. The zero-order chi connectivity index (χ0) is 50.6. The molecule has 0 heterocycles. The van der Waals surface area contributed by atoms with Crippen LogP contribution in [0.3, 0.4) is 0 Å². The zero-order valence-electron chi connectivity index (χ0n) is 46.3. The van der Waals surface area contributed by atoms with Gasteiger partial charge in [-0.05, 0) is 89.9 Å². The number of hydrogen-bond donors (Lipinski definition) is 1. The predicted molar refractivity (Wildman–Crippen MR) is 306 cm³/mol. The van der Waals surface area contributed by atoms with Gasteiger partial charge in [0.1, 0.15) is 6.61 Å². The fourth-order valence-electron chi connectivity index (χ4n) is 8.67. The minimum Gasteiger partial charge on any atom is -0.462 e. The highest BCUT2D eigenvalue weighted by Gasteiger charge is 2.16. The second kappa shape index (κ2) is 60.4. The smallest absolute Gasteiger partial charge is 0.306 e. The summed E-state index contributed by atoms with van der Waals surface area (Å²) in [7, 11) is 0. The molecule has 0 bridgehead atoms. The number of carbonyl (C=O) groups excluding carboxylic acids is 2. The van der Waals surface area contributed by atoms with Crippen molar-refractivity contribution in [2.45, 2.75) is 302 Å². The minimum atomic E-state index is -0.774. The lowest BCUT2D eigenvalue weighted by Crippen LogP contribution is -2.28. The fourth-order valence-corrected chi connectivity index (χ4v) is 8.67. The number of allylic oxidation sites excluding steroid dienone is 14. The van der Waals surface area contributed by atoms with E-state index in [9.17, 15) is 14.7 Å². The average molecular weight is 976 g/mol. The first-order valence-electron chi connectivity index (χ1n) is 30.1. The molecule has 0 aromatic carbocycles. The van der Waals surface area contributed by atoms with Gasteiger partial charge in [-0.2, -0.15) is 0 Å². The van der Waals surface area contributed by atoms with Gasteiger partial charge in [0.05, 0.1) is 6.61 Å². The summed E-state index contributed by atoms with van der Waals surface area (Å²) < 4.78 is 10.7. The molecule has 0 aromatic heterocycles. The van der Waals surface area contributed by atoms with Gasteiger partial charge in [0, 0.05) is 12.8 Å². The number of aliphatic hydroxyl groups excluding tert-OH is 1. The van der Waals surface area contributed by atoms with Crippen LogP contribution in [0.5, 0.6) is 0 Å². The minimum absolute atomic E-state index is 0.0657. The second-order valence-corrected chi connectivity index (χ2v) is 20.0. The number of unbranched alkanes of at least 4 members (excludes halogenated alkanes) is 33. The molecule has 0 aromatic rings. The first-order chi connectivity index (χ1) is 34.6. The Morgan fingerprint density at radius 2 is 0.614 bits per heavy atom. The van der Waals surface area contributed by atoms with Crippen LogP contribution in [0.25, 0.3) is 0 Å². The summed E-state index contributed by atoms with van der Waals surface area (Å²) in [6, 6.07) is 0. The van der Waals surface area contributed by atoms with Crippen molar-refractivity contribution in [3.8, 4) is 0 Å². The van der Waals surface area contributed by atoms with Crippen LogP contribution in [0.15, 0.2) is 85.1 Å². The number of rotatable bonds is 55. The third-order valence-corrected chi connectivity index (χ3v) is 13.2. The van der Waals surface area contributed by atoms with Gasteiger partial charge in [0.2, 0.25) is 0 Å². The molecular formula is C65H114O5. The Morgan fingerprint density at radius 3 is 0.943 bits per heavy atom. The van der Waals surface area contributed by atoms with E-state index in [4.69, 9.17) is 9.47 Å². The maximum atomic E-state index is 12.3. The molecule has 0 radical (unpaired) electrons. The SMILES string of the molecule is CC/C=C\C/C=C\C/C=C\C/C=C\C/C=C\C/C=C\CCCCCCCCCCCCCCCCCCCCC(=O)OC(CO)COC(=O)CCCCCCCCCCC/C=C\CCCCCCCC. The molecular weight excluding hydrogens is 861 g/mol. The molecule has 5 nitrogen and oxygen atoms in total. The van der Waals surface area contributed by atoms with E-state index in [2.05, 4.69) is 98.9 Å². The van der Waals surface area contributed by atoms with Crippen LogP contribution in [-0.4, -0.2) is 36.4 Å².